The largest absolute Gasteiger partial charge is 0.384 e. The highest BCUT2D eigenvalue weighted by molar-refractivity contribution is 5.77. The molecule has 2 N–H and O–H groups in total. The van der Waals surface area contributed by atoms with Gasteiger partial charge in [-0.1, -0.05) is 19.1 Å². The lowest BCUT2D eigenvalue weighted by molar-refractivity contribution is 0.641. The minimum absolute atomic E-state index is 0.655. The zero-order valence-electron chi connectivity index (χ0n) is 12.0. The Morgan fingerprint density at radius 2 is 2.25 bits per heavy atom. The molecule has 0 radical (unpaired) electrons. The number of hydrogen-bond donors (Lipinski definition) is 2. The van der Waals surface area contributed by atoms with Gasteiger partial charge in [-0.05, 0) is 43.7 Å². The van der Waals surface area contributed by atoms with Gasteiger partial charge in [0.05, 0.1) is 5.69 Å². The summed E-state index contributed by atoms with van der Waals surface area (Å²) < 4.78 is 0. The average Bonchev–Trinajstić information content (AvgIpc) is 3.06. The summed E-state index contributed by atoms with van der Waals surface area (Å²) in [5, 5.41) is 3.56. The van der Waals surface area contributed by atoms with Crippen LogP contribution < -0.4 is 5.32 Å². The van der Waals surface area contributed by atoms with Crippen molar-refractivity contribution >= 4 is 5.69 Å². The van der Waals surface area contributed by atoms with E-state index in [1.807, 2.05) is 0 Å². The molecule has 0 amide bonds. The number of fused-ring (bicyclic) bond motifs is 2. The molecular weight excluding hydrogens is 246 g/mol. The molecule has 0 fully saturated rings. The van der Waals surface area contributed by atoms with Crippen LogP contribution in [0.4, 0.5) is 5.69 Å². The van der Waals surface area contributed by atoms with Crippen molar-refractivity contribution in [3.05, 3.63) is 35.2 Å². The summed E-state index contributed by atoms with van der Waals surface area (Å²) in [6.07, 6.45) is 6.01. The predicted octanol–water partition coefficient (Wildman–Crippen LogP) is 3.87. The number of rotatable bonds is 2. The van der Waals surface area contributed by atoms with Gasteiger partial charge in [0, 0.05) is 29.4 Å². The molecule has 0 saturated heterocycles. The van der Waals surface area contributed by atoms with Crippen LogP contribution in [0.1, 0.15) is 49.1 Å². The molecule has 3 heteroatoms. The number of nitrogens with zero attached hydrogens (tertiary/aromatic N) is 1. The minimum Gasteiger partial charge on any atom is -0.384 e. The fourth-order valence-electron chi connectivity index (χ4n) is 3.64. The molecule has 1 unspecified atom stereocenters. The van der Waals surface area contributed by atoms with Crippen molar-refractivity contribution in [2.75, 3.05) is 11.9 Å². The van der Waals surface area contributed by atoms with Crippen molar-refractivity contribution < 1.29 is 0 Å². The van der Waals surface area contributed by atoms with E-state index in [9.17, 15) is 0 Å². The van der Waals surface area contributed by atoms with Gasteiger partial charge in [0.25, 0.3) is 0 Å². The highest BCUT2D eigenvalue weighted by Crippen LogP contribution is 2.38. The molecule has 1 aromatic heterocycles. The molecule has 2 aliphatic rings. The van der Waals surface area contributed by atoms with Crippen molar-refractivity contribution in [2.45, 2.75) is 44.9 Å². The van der Waals surface area contributed by atoms with Crippen molar-refractivity contribution in [3.8, 4) is 11.4 Å². The summed E-state index contributed by atoms with van der Waals surface area (Å²) in [6, 6.07) is 6.58. The summed E-state index contributed by atoms with van der Waals surface area (Å²) in [5.74, 6) is 1.71. The third-order valence-corrected chi connectivity index (χ3v) is 4.76. The molecule has 0 saturated carbocycles. The molecule has 2 aromatic rings. The first kappa shape index (κ1) is 12.0. The van der Waals surface area contributed by atoms with Crippen molar-refractivity contribution in [1.82, 2.24) is 9.97 Å². The molecule has 2 heterocycles. The van der Waals surface area contributed by atoms with Gasteiger partial charge >= 0.3 is 0 Å². The molecule has 104 valence electrons. The SMILES string of the molecule is CCC1CCc2[nH]c(-c3cccc4c3NCCC4)nc21. The predicted molar refractivity (Wildman–Crippen MR) is 82.2 cm³/mol. The van der Waals surface area contributed by atoms with E-state index in [4.69, 9.17) is 4.98 Å². The van der Waals surface area contributed by atoms with E-state index in [1.165, 1.54) is 53.9 Å². The van der Waals surface area contributed by atoms with Crippen LogP contribution in [-0.2, 0) is 12.8 Å². The highest BCUT2D eigenvalue weighted by Gasteiger charge is 2.26. The van der Waals surface area contributed by atoms with E-state index < -0.39 is 0 Å². The Balaban J connectivity index is 1.79. The summed E-state index contributed by atoms with van der Waals surface area (Å²) >= 11 is 0. The fourth-order valence-corrected chi connectivity index (χ4v) is 3.64. The molecule has 0 spiro atoms. The lowest BCUT2D eigenvalue weighted by Gasteiger charge is -2.20. The van der Waals surface area contributed by atoms with Crippen LogP contribution in [0.15, 0.2) is 18.2 Å². The number of anilines is 1. The topological polar surface area (TPSA) is 40.7 Å². The first-order valence-electron chi connectivity index (χ1n) is 7.81. The second-order valence-electron chi connectivity index (χ2n) is 5.96. The maximum atomic E-state index is 4.93. The van der Waals surface area contributed by atoms with E-state index in [0.717, 1.165) is 18.8 Å². The van der Waals surface area contributed by atoms with Gasteiger partial charge in [0.15, 0.2) is 0 Å². The number of hydrogen-bond acceptors (Lipinski definition) is 2. The molecule has 1 aliphatic carbocycles. The second-order valence-corrected chi connectivity index (χ2v) is 5.96. The molecule has 4 rings (SSSR count). The number of H-pyrrole nitrogens is 1. The maximum Gasteiger partial charge on any atom is 0.139 e. The standard InChI is InChI=1S/C17H21N3/c1-2-11-8-9-14-16(11)20-17(19-14)13-7-3-5-12-6-4-10-18-15(12)13/h3,5,7,11,18H,2,4,6,8-10H2,1H3,(H,19,20). The normalized spacial score (nSPS) is 20.4. The van der Waals surface area contributed by atoms with Crippen LogP contribution >= 0.6 is 0 Å². The second kappa shape index (κ2) is 4.65. The minimum atomic E-state index is 0.655. The van der Waals surface area contributed by atoms with E-state index in [-0.39, 0.29) is 0 Å². The summed E-state index contributed by atoms with van der Waals surface area (Å²) in [7, 11) is 0. The number of benzene rings is 1. The van der Waals surface area contributed by atoms with Gasteiger partial charge in [-0.2, -0.15) is 0 Å². The van der Waals surface area contributed by atoms with Gasteiger partial charge in [-0.3, -0.25) is 0 Å². The quantitative estimate of drug-likeness (QED) is 0.867. The van der Waals surface area contributed by atoms with E-state index >= 15 is 0 Å². The average molecular weight is 267 g/mol. The van der Waals surface area contributed by atoms with E-state index in [2.05, 4.69) is 35.4 Å². The molecule has 3 nitrogen and oxygen atoms in total. The molecule has 1 atom stereocenters. The van der Waals surface area contributed by atoms with Crippen LogP contribution in [0.2, 0.25) is 0 Å². The fraction of sp³-hybridized carbons (Fsp3) is 0.471. The molecule has 0 bridgehead atoms. The number of aryl methyl sites for hydroxylation is 2. The van der Waals surface area contributed by atoms with Gasteiger partial charge in [-0.15, -0.1) is 0 Å². The van der Waals surface area contributed by atoms with Gasteiger partial charge in [0.2, 0.25) is 0 Å². The monoisotopic (exact) mass is 267 g/mol. The third-order valence-electron chi connectivity index (χ3n) is 4.76. The number of aromatic nitrogens is 2. The molecular formula is C17H21N3. The molecule has 1 aromatic carbocycles. The Bertz CT molecular complexity index is 642. The summed E-state index contributed by atoms with van der Waals surface area (Å²) in [4.78, 5) is 8.50. The Hall–Kier alpha value is -1.77. The smallest absolute Gasteiger partial charge is 0.139 e. The third kappa shape index (κ3) is 1.76. The first-order valence-corrected chi connectivity index (χ1v) is 7.81. The number of imidazole rings is 1. The van der Waals surface area contributed by atoms with Crippen LogP contribution in [-0.4, -0.2) is 16.5 Å². The number of aromatic amines is 1. The first-order chi connectivity index (χ1) is 9.86. The zero-order valence-corrected chi connectivity index (χ0v) is 12.0. The summed E-state index contributed by atoms with van der Waals surface area (Å²) in [5.41, 5.74) is 6.64. The lowest BCUT2D eigenvalue weighted by atomic mass is 9.99. The Labute approximate surface area is 119 Å². The number of nitrogens with one attached hydrogen (secondary N) is 2. The highest BCUT2D eigenvalue weighted by atomic mass is 15.0. The lowest BCUT2D eigenvalue weighted by Crippen LogP contribution is -2.12. The van der Waals surface area contributed by atoms with Gasteiger partial charge in [-0.25, -0.2) is 4.98 Å². The van der Waals surface area contributed by atoms with Crippen molar-refractivity contribution in [1.29, 1.82) is 0 Å². The van der Waals surface area contributed by atoms with Crippen molar-refractivity contribution in [2.24, 2.45) is 0 Å². The molecule has 20 heavy (non-hydrogen) atoms. The zero-order chi connectivity index (χ0) is 13.5. The molecule has 1 aliphatic heterocycles. The van der Waals surface area contributed by atoms with Crippen LogP contribution in [0, 0.1) is 0 Å². The Kier molecular flexibility index (Phi) is 2.79. The van der Waals surface area contributed by atoms with Crippen molar-refractivity contribution in [3.63, 3.8) is 0 Å². The van der Waals surface area contributed by atoms with Gasteiger partial charge in [0.1, 0.15) is 5.82 Å². The van der Waals surface area contributed by atoms with Crippen LogP contribution in [0.25, 0.3) is 11.4 Å². The van der Waals surface area contributed by atoms with E-state index in [0.29, 0.717) is 5.92 Å². The Morgan fingerprint density at radius 3 is 3.15 bits per heavy atom. The maximum absolute atomic E-state index is 4.93. The number of para-hydroxylation sites is 1. The van der Waals surface area contributed by atoms with Crippen LogP contribution in [0.5, 0.6) is 0 Å². The van der Waals surface area contributed by atoms with E-state index in [1.54, 1.807) is 0 Å². The van der Waals surface area contributed by atoms with Crippen LogP contribution in [0.3, 0.4) is 0 Å². The van der Waals surface area contributed by atoms with Gasteiger partial charge < -0.3 is 10.3 Å². The summed E-state index contributed by atoms with van der Waals surface area (Å²) in [6.45, 7) is 3.34. The Morgan fingerprint density at radius 1 is 1.30 bits per heavy atom.